The highest BCUT2D eigenvalue weighted by Gasteiger charge is 2.29. The van der Waals surface area contributed by atoms with Gasteiger partial charge in [-0.2, -0.15) is 0 Å². The largest absolute Gasteiger partial charge is 0.342 e. The molecule has 2 N–H and O–H groups in total. The zero-order valence-corrected chi connectivity index (χ0v) is 17.0. The normalized spacial score (nSPS) is 15.4. The molecule has 0 bridgehead atoms. The lowest BCUT2D eigenvalue weighted by Gasteiger charge is -2.17. The Morgan fingerprint density at radius 1 is 1.10 bits per heavy atom. The van der Waals surface area contributed by atoms with Gasteiger partial charge in [-0.25, -0.2) is 8.42 Å². The molecule has 0 unspecified atom stereocenters. The summed E-state index contributed by atoms with van der Waals surface area (Å²) in [6.07, 6.45) is 0.0876. The zero-order chi connectivity index (χ0) is 21.0. The highest BCUT2D eigenvalue weighted by molar-refractivity contribution is 7.90. The molecular formula is C20H22N4O4S. The monoisotopic (exact) mass is 414 g/mol. The Labute approximate surface area is 169 Å². The Hall–Kier alpha value is -3.20. The predicted molar refractivity (Wildman–Crippen MR) is 110 cm³/mol. The van der Waals surface area contributed by atoms with Crippen molar-refractivity contribution < 1.29 is 18.0 Å². The van der Waals surface area contributed by atoms with Crippen molar-refractivity contribution in [2.24, 2.45) is 4.99 Å². The lowest BCUT2D eigenvalue weighted by Crippen LogP contribution is -2.24. The zero-order valence-electron chi connectivity index (χ0n) is 16.2. The Morgan fingerprint density at radius 3 is 2.55 bits per heavy atom. The van der Waals surface area contributed by atoms with E-state index in [2.05, 4.69) is 15.0 Å². The van der Waals surface area contributed by atoms with Gasteiger partial charge in [0.1, 0.15) is 5.84 Å². The van der Waals surface area contributed by atoms with Crippen molar-refractivity contribution in [3.8, 4) is 0 Å². The van der Waals surface area contributed by atoms with Crippen LogP contribution in [0.1, 0.15) is 24.5 Å². The highest BCUT2D eigenvalue weighted by atomic mass is 32.2. The maximum atomic E-state index is 12.3. The number of carbonyl (C=O) groups excluding carboxylic acids is 2. The summed E-state index contributed by atoms with van der Waals surface area (Å²) in [5.41, 5.74) is 1.96. The van der Waals surface area contributed by atoms with E-state index in [1.807, 2.05) is 12.1 Å². The minimum absolute atomic E-state index is 0.0683. The molecule has 1 aliphatic rings. The predicted octanol–water partition coefficient (Wildman–Crippen LogP) is 1.73. The summed E-state index contributed by atoms with van der Waals surface area (Å²) < 4.78 is 26.6. The van der Waals surface area contributed by atoms with Crippen LogP contribution in [0.25, 0.3) is 0 Å². The number of benzene rings is 2. The second-order valence-corrected chi connectivity index (χ2v) is 8.31. The molecular weight excluding hydrogens is 392 g/mol. The summed E-state index contributed by atoms with van der Waals surface area (Å²) in [5.74, 6) is -0.0699. The fourth-order valence-corrected chi connectivity index (χ4v) is 4.13. The third-order valence-electron chi connectivity index (χ3n) is 4.51. The molecule has 8 nitrogen and oxygen atoms in total. The molecule has 0 saturated carbocycles. The molecule has 0 fully saturated rings. The van der Waals surface area contributed by atoms with Crippen LogP contribution in [-0.2, 0) is 26.2 Å². The second-order valence-electron chi connectivity index (χ2n) is 6.66. The molecule has 0 aliphatic carbocycles. The summed E-state index contributed by atoms with van der Waals surface area (Å²) in [7, 11) is -1.90. The number of para-hydroxylation sites is 1. The van der Waals surface area contributed by atoms with Gasteiger partial charge in [0.2, 0.25) is 11.8 Å². The van der Waals surface area contributed by atoms with E-state index in [9.17, 15) is 18.0 Å². The number of amidine groups is 1. The van der Waals surface area contributed by atoms with Crippen molar-refractivity contribution in [1.29, 1.82) is 0 Å². The van der Waals surface area contributed by atoms with Crippen molar-refractivity contribution in [3.63, 3.8) is 0 Å². The van der Waals surface area contributed by atoms with Crippen molar-refractivity contribution in [3.05, 3.63) is 59.7 Å². The van der Waals surface area contributed by atoms with Crippen LogP contribution in [0.5, 0.6) is 0 Å². The summed E-state index contributed by atoms with van der Waals surface area (Å²) in [6, 6.07) is 13.8. The van der Waals surface area contributed by atoms with Crippen molar-refractivity contribution in [2.75, 3.05) is 18.9 Å². The smallest absolute Gasteiger partial charge is 0.263 e. The molecule has 0 atom stereocenters. The van der Waals surface area contributed by atoms with Gasteiger partial charge in [-0.3, -0.25) is 19.3 Å². The molecule has 9 heteroatoms. The van der Waals surface area contributed by atoms with Crippen molar-refractivity contribution >= 4 is 33.4 Å². The van der Waals surface area contributed by atoms with E-state index in [1.54, 1.807) is 42.3 Å². The van der Waals surface area contributed by atoms with E-state index in [0.29, 0.717) is 17.8 Å². The summed E-state index contributed by atoms with van der Waals surface area (Å²) in [4.78, 5) is 29.8. The van der Waals surface area contributed by atoms with Gasteiger partial charge >= 0.3 is 0 Å². The lowest BCUT2D eigenvalue weighted by molar-refractivity contribution is -0.128. The Balaban J connectivity index is 1.63. The minimum atomic E-state index is -3.59. The molecule has 2 aromatic carbocycles. The van der Waals surface area contributed by atoms with Crippen LogP contribution in [0.4, 0.5) is 5.69 Å². The standard InChI is InChI=1S/C20H22N4O4S/c1-14(25)24(2)13-15-7-3-5-9-17(15)22-19(26)11-12-21-20-16-8-4-6-10-18(16)29(27,28)23-20/h3-10H,11-13H2,1-2H3,(H,21,23)(H,22,26). The van der Waals surface area contributed by atoms with E-state index in [-0.39, 0.29) is 35.5 Å². The SMILES string of the molecule is CC(=O)N(C)Cc1ccccc1NC(=O)CCN=C1NS(=O)(=O)c2ccccc21. The molecule has 0 spiro atoms. The number of hydrogen-bond acceptors (Lipinski definition) is 5. The van der Waals surface area contributed by atoms with Crippen LogP contribution in [-0.4, -0.2) is 44.6 Å². The minimum Gasteiger partial charge on any atom is -0.342 e. The Bertz CT molecular complexity index is 1080. The number of carbonyl (C=O) groups is 2. The first-order valence-electron chi connectivity index (χ1n) is 9.04. The van der Waals surface area contributed by atoms with Gasteiger partial charge in [-0.1, -0.05) is 30.3 Å². The number of fused-ring (bicyclic) bond motifs is 1. The van der Waals surface area contributed by atoms with Crippen LogP contribution >= 0.6 is 0 Å². The lowest BCUT2D eigenvalue weighted by atomic mass is 10.1. The van der Waals surface area contributed by atoms with Gasteiger partial charge < -0.3 is 10.2 Å². The van der Waals surface area contributed by atoms with E-state index < -0.39 is 10.0 Å². The number of amides is 2. The number of hydrogen-bond donors (Lipinski definition) is 2. The average Bonchev–Trinajstić information content (AvgIpc) is 2.94. The number of nitrogens with zero attached hydrogens (tertiary/aromatic N) is 2. The number of anilines is 1. The average molecular weight is 414 g/mol. The molecule has 152 valence electrons. The maximum absolute atomic E-state index is 12.3. The second kappa shape index (κ2) is 8.44. The number of rotatable bonds is 6. The summed E-state index contributed by atoms with van der Waals surface area (Å²) in [5, 5.41) is 2.83. The van der Waals surface area contributed by atoms with Gasteiger partial charge in [0.05, 0.1) is 11.4 Å². The van der Waals surface area contributed by atoms with Crippen molar-refractivity contribution in [2.45, 2.75) is 24.8 Å². The quantitative estimate of drug-likeness (QED) is 0.750. The Kier molecular flexibility index (Phi) is 5.97. The summed E-state index contributed by atoms with van der Waals surface area (Å²) in [6.45, 7) is 2.00. The molecule has 2 aromatic rings. The molecule has 2 amide bonds. The third kappa shape index (κ3) is 4.80. The highest BCUT2D eigenvalue weighted by Crippen LogP contribution is 2.22. The molecule has 0 radical (unpaired) electrons. The maximum Gasteiger partial charge on any atom is 0.263 e. The van der Waals surface area contributed by atoms with Gasteiger partial charge in [-0.15, -0.1) is 0 Å². The molecule has 0 aromatic heterocycles. The van der Waals surface area contributed by atoms with Crippen LogP contribution in [0.3, 0.4) is 0 Å². The number of sulfonamides is 1. The molecule has 1 aliphatic heterocycles. The van der Waals surface area contributed by atoms with E-state index in [4.69, 9.17) is 0 Å². The van der Waals surface area contributed by atoms with Gasteiger partial charge in [-0.05, 0) is 23.8 Å². The number of nitrogens with one attached hydrogen (secondary N) is 2. The topological polar surface area (TPSA) is 108 Å². The van der Waals surface area contributed by atoms with Crippen molar-refractivity contribution in [1.82, 2.24) is 9.62 Å². The first kappa shape index (κ1) is 20.5. The molecule has 1 heterocycles. The molecule has 3 rings (SSSR count). The van der Waals surface area contributed by atoms with E-state index in [0.717, 1.165) is 5.56 Å². The Morgan fingerprint density at radius 2 is 1.79 bits per heavy atom. The fraction of sp³-hybridized carbons (Fsp3) is 0.250. The third-order valence-corrected chi connectivity index (χ3v) is 5.91. The van der Waals surface area contributed by atoms with Gasteiger partial charge in [0.15, 0.2) is 0 Å². The van der Waals surface area contributed by atoms with E-state index in [1.165, 1.54) is 13.0 Å². The molecule has 0 saturated heterocycles. The molecule has 29 heavy (non-hydrogen) atoms. The van der Waals surface area contributed by atoms with Crippen LogP contribution < -0.4 is 10.0 Å². The van der Waals surface area contributed by atoms with Gasteiger partial charge in [0, 0.05) is 38.2 Å². The first-order valence-corrected chi connectivity index (χ1v) is 10.5. The van der Waals surface area contributed by atoms with Crippen LogP contribution in [0.2, 0.25) is 0 Å². The summed E-state index contributed by atoms with van der Waals surface area (Å²) >= 11 is 0. The van der Waals surface area contributed by atoms with Gasteiger partial charge in [0.25, 0.3) is 10.0 Å². The van der Waals surface area contributed by atoms with Crippen LogP contribution in [0, 0.1) is 0 Å². The van der Waals surface area contributed by atoms with Crippen LogP contribution in [0.15, 0.2) is 58.4 Å². The number of aliphatic imine (C=N–C) groups is 1. The van der Waals surface area contributed by atoms with E-state index >= 15 is 0 Å². The first-order chi connectivity index (χ1) is 13.8. The fourth-order valence-electron chi connectivity index (χ4n) is 2.88.